The van der Waals surface area contributed by atoms with Crippen LogP contribution in [0, 0.1) is 5.92 Å². The van der Waals surface area contributed by atoms with E-state index in [2.05, 4.69) is 12.1 Å². The smallest absolute Gasteiger partial charge is 0.133 e. The highest BCUT2D eigenvalue weighted by molar-refractivity contribution is 7.99. The van der Waals surface area contributed by atoms with Gasteiger partial charge in [-0.2, -0.15) is 0 Å². The Kier molecular flexibility index (Phi) is 6.19. The van der Waals surface area contributed by atoms with E-state index in [1.165, 1.54) is 4.90 Å². The van der Waals surface area contributed by atoms with Crippen molar-refractivity contribution in [1.29, 1.82) is 0 Å². The number of hydrogen-bond acceptors (Lipinski definition) is 3. The van der Waals surface area contributed by atoms with Crippen LogP contribution in [0.25, 0.3) is 0 Å². The number of Topliss-reactive ketones (excluding diaryl/α,β-unsaturated/α-hetero) is 1. The molecular formula is C13H18O2S. The van der Waals surface area contributed by atoms with Gasteiger partial charge in [-0.15, -0.1) is 11.8 Å². The van der Waals surface area contributed by atoms with Crippen molar-refractivity contribution in [2.75, 3.05) is 12.4 Å². The topological polar surface area (TPSA) is 37.3 Å². The summed E-state index contributed by atoms with van der Waals surface area (Å²) in [6, 6.07) is 10.2. The maximum absolute atomic E-state index is 11.3. The zero-order valence-electron chi connectivity index (χ0n) is 9.56. The lowest BCUT2D eigenvalue weighted by molar-refractivity contribution is -0.121. The molecule has 0 saturated heterocycles. The molecule has 0 aliphatic heterocycles. The van der Waals surface area contributed by atoms with Crippen LogP contribution in [0.1, 0.15) is 19.8 Å². The fraction of sp³-hybridized carbons (Fsp3) is 0.462. The van der Waals surface area contributed by atoms with Crippen LogP contribution in [-0.4, -0.2) is 23.2 Å². The van der Waals surface area contributed by atoms with E-state index in [1.54, 1.807) is 18.7 Å². The van der Waals surface area contributed by atoms with Gasteiger partial charge in [0.1, 0.15) is 5.78 Å². The van der Waals surface area contributed by atoms with Gasteiger partial charge in [-0.25, -0.2) is 0 Å². The van der Waals surface area contributed by atoms with Crippen molar-refractivity contribution in [2.45, 2.75) is 24.7 Å². The minimum Gasteiger partial charge on any atom is -0.396 e. The Morgan fingerprint density at radius 3 is 2.56 bits per heavy atom. The molecule has 0 aliphatic carbocycles. The Bertz CT molecular complexity index is 311. The average molecular weight is 238 g/mol. The van der Waals surface area contributed by atoms with Crippen molar-refractivity contribution >= 4 is 17.5 Å². The first kappa shape index (κ1) is 13.3. The predicted octanol–water partition coefficient (Wildman–Crippen LogP) is 2.76. The first-order valence-electron chi connectivity index (χ1n) is 5.53. The van der Waals surface area contributed by atoms with Crippen molar-refractivity contribution in [3.63, 3.8) is 0 Å². The molecule has 1 atom stereocenters. The van der Waals surface area contributed by atoms with Crippen LogP contribution in [0.5, 0.6) is 0 Å². The number of hydrogen-bond donors (Lipinski definition) is 1. The number of carbonyl (C=O) groups excluding carboxylic acids is 1. The SMILES string of the molecule is CC(=O)C(CCO)CCSc1ccccc1. The first-order chi connectivity index (χ1) is 7.74. The number of ketones is 1. The summed E-state index contributed by atoms with van der Waals surface area (Å²) >= 11 is 1.76. The van der Waals surface area contributed by atoms with Crippen molar-refractivity contribution in [1.82, 2.24) is 0 Å². The summed E-state index contributed by atoms with van der Waals surface area (Å²) in [4.78, 5) is 12.5. The van der Waals surface area contributed by atoms with Crippen LogP contribution in [0.4, 0.5) is 0 Å². The molecule has 1 unspecified atom stereocenters. The molecule has 2 nitrogen and oxygen atoms in total. The van der Waals surface area contributed by atoms with Gasteiger partial charge in [0, 0.05) is 17.4 Å². The van der Waals surface area contributed by atoms with Gasteiger partial charge >= 0.3 is 0 Å². The van der Waals surface area contributed by atoms with Crippen molar-refractivity contribution < 1.29 is 9.90 Å². The Morgan fingerprint density at radius 1 is 1.31 bits per heavy atom. The molecule has 1 aromatic rings. The highest BCUT2D eigenvalue weighted by Crippen LogP contribution is 2.21. The summed E-state index contributed by atoms with van der Waals surface area (Å²) in [7, 11) is 0. The van der Waals surface area contributed by atoms with E-state index in [1.807, 2.05) is 18.2 Å². The molecule has 88 valence electrons. The zero-order chi connectivity index (χ0) is 11.8. The van der Waals surface area contributed by atoms with Gasteiger partial charge in [-0.1, -0.05) is 18.2 Å². The number of carbonyl (C=O) groups is 1. The summed E-state index contributed by atoms with van der Waals surface area (Å²) in [5.41, 5.74) is 0. The van der Waals surface area contributed by atoms with Gasteiger partial charge in [0.2, 0.25) is 0 Å². The second-order valence-electron chi connectivity index (χ2n) is 3.77. The normalized spacial score (nSPS) is 12.4. The Morgan fingerprint density at radius 2 is 2.00 bits per heavy atom. The minimum absolute atomic E-state index is 0.0150. The van der Waals surface area contributed by atoms with Gasteiger partial charge in [0.15, 0.2) is 0 Å². The fourth-order valence-corrected chi connectivity index (χ4v) is 2.53. The second kappa shape index (κ2) is 7.47. The molecule has 0 radical (unpaired) electrons. The second-order valence-corrected chi connectivity index (χ2v) is 4.94. The quantitative estimate of drug-likeness (QED) is 0.742. The highest BCUT2D eigenvalue weighted by Gasteiger charge is 2.12. The molecule has 0 fully saturated rings. The molecule has 0 spiro atoms. The molecule has 16 heavy (non-hydrogen) atoms. The van der Waals surface area contributed by atoms with Crippen molar-refractivity contribution in [2.24, 2.45) is 5.92 Å². The molecule has 1 aromatic carbocycles. The Labute approximate surface area is 101 Å². The third-order valence-electron chi connectivity index (χ3n) is 2.53. The maximum atomic E-state index is 11.3. The van der Waals surface area contributed by atoms with E-state index in [9.17, 15) is 4.79 Å². The Balaban J connectivity index is 2.31. The lowest BCUT2D eigenvalue weighted by Crippen LogP contribution is -2.13. The van der Waals surface area contributed by atoms with Crippen LogP contribution in [0.2, 0.25) is 0 Å². The van der Waals surface area contributed by atoms with Gasteiger partial charge in [-0.3, -0.25) is 4.79 Å². The highest BCUT2D eigenvalue weighted by atomic mass is 32.2. The lowest BCUT2D eigenvalue weighted by Gasteiger charge is -2.11. The van der Waals surface area contributed by atoms with E-state index >= 15 is 0 Å². The van der Waals surface area contributed by atoms with Gasteiger partial charge < -0.3 is 5.11 Å². The van der Waals surface area contributed by atoms with Crippen LogP contribution in [-0.2, 0) is 4.79 Å². The summed E-state index contributed by atoms with van der Waals surface area (Å²) in [5, 5.41) is 8.84. The zero-order valence-corrected chi connectivity index (χ0v) is 10.4. The fourth-order valence-electron chi connectivity index (χ4n) is 1.54. The van der Waals surface area contributed by atoms with Crippen molar-refractivity contribution in [3.05, 3.63) is 30.3 Å². The van der Waals surface area contributed by atoms with E-state index in [0.717, 1.165) is 12.2 Å². The standard InChI is InChI=1S/C13H18O2S/c1-11(15)12(7-9-14)8-10-16-13-5-3-2-4-6-13/h2-6,12,14H,7-10H2,1H3. The lowest BCUT2D eigenvalue weighted by atomic mass is 9.99. The molecular weight excluding hydrogens is 220 g/mol. The van der Waals surface area contributed by atoms with Crippen LogP contribution in [0.3, 0.4) is 0 Å². The molecule has 0 aromatic heterocycles. The molecule has 0 bridgehead atoms. The average Bonchev–Trinajstić information content (AvgIpc) is 2.29. The first-order valence-corrected chi connectivity index (χ1v) is 6.51. The molecule has 0 aliphatic rings. The summed E-state index contributed by atoms with van der Waals surface area (Å²) in [6.45, 7) is 1.70. The molecule has 0 amide bonds. The third-order valence-corrected chi connectivity index (χ3v) is 3.58. The van der Waals surface area contributed by atoms with Gasteiger partial charge in [-0.05, 0) is 37.7 Å². The van der Waals surface area contributed by atoms with Crippen LogP contribution < -0.4 is 0 Å². The predicted molar refractivity (Wildman–Crippen MR) is 67.7 cm³/mol. The van der Waals surface area contributed by atoms with E-state index < -0.39 is 0 Å². The number of benzene rings is 1. The molecule has 0 heterocycles. The minimum atomic E-state index is 0.0150. The van der Waals surface area contributed by atoms with E-state index in [4.69, 9.17) is 5.11 Å². The molecule has 1 rings (SSSR count). The summed E-state index contributed by atoms with van der Waals surface area (Å²) in [6.07, 6.45) is 1.43. The molecule has 0 saturated carbocycles. The number of aliphatic hydroxyl groups excluding tert-OH is 1. The maximum Gasteiger partial charge on any atom is 0.133 e. The largest absolute Gasteiger partial charge is 0.396 e. The Hall–Kier alpha value is -0.800. The van der Waals surface area contributed by atoms with E-state index in [-0.39, 0.29) is 18.3 Å². The molecule has 3 heteroatoms. The van der Waals surface area contributed by atoms with E-state index in [0.29, 0.717) is 6.42 Å². The van der Waals surface area contributed by atoms with Crippen LogP contribution >= 0.6 is 11.8 Å². The monoisotopic (exact) mass is 238 g/mol. The summed E-state index contributed by atoms with van der Waals surface area (Å²) in [5.74, 6) is 1.12. The number of aliphatic hydroxyl groups is 1. The van der Waals surface area contributed by atoms with Crippen molar-refractivity contribution in [3.8, 4) is 0 Å². The van der Waals surface area contributed by atoms with Gasteiger partial charge in [0.25, 0.3) is 0 Å². The molecule has 1 N–H and O–H groups in total. The number of thioether (sulfide) groups is 1. The third kappa shape index (κ3) is 4.81. The summed E-state index contributed by atoms with van der Waals surface area (Å²) < 4.78 is 0. The number of rotatable bonds is 7. The van der Waals surface area contributed by atoms with Crippen LogP contribution in [0.15, 0.2) is 35.2 Å². The van der Waals surface area contributed by atoms with Gasteiger partial charge in [0.05, 0.1) is 0 Å².